The van der Waals surface area contributed by atoms with Gasteiger partial charge in [0.1, 0.15) is 11.7 Å². The number of hydrogen-bond donors (Lipinski definition) is 6. The molecule has 293 valence electrons. The van der Waals surface area contributed by atoms with Crippen molar-refractivity contribution in [2.75, 3.05) is 6.61 Å². The average Bonchev–Trinajstić information content (AvgIpc) is 3.01. The number of carbonyl (C=O) groups excluding carboxylic acids is 3. The van der Waals surface area contributed by atoms with Crippen LogP contribution in [0, 0.1) is 35.5 Å². The summed E-state index contributed by atoms with van der Waals surface area (Å²) in [6.45, 7) is 15.1. The van der Waals surface area contributed by atoms with Gasteiger partial charge in [-0.25, -0.2) is 0 Å². The molecule has 0 aromatic carbocycles. The fraction of sp³-hybridized carbons (Fsp3) is 0.800. The Kier molecular flexibility index (Phi) is 25.3. The van der Waals surface area contributed by atoms with Gasteiger partial charge in [-0.05, 0) is 67.6 Å². The van der Waals surface area contributed by atoms with Gasteiger partial charge < -0.3 is 61.0 Å². The molecule has 3 saturated heterocycles. The van der Waals surface area contributed by atoms with Crippen LogP contribution in [-0.2, 0) is 176 Å². The molecular weight excluding hydrogens is 1420 g/mol. The van der Waals surface area contributed by atoms with Crippen molar-refractivity contribution in [1.29, 1.82) is 0 Å². The molecule has 0 aromatic heterocycles. The fourth-order valence-corrected chi connectivity index (χ4v) is 8.57. The zero-order chi connectivity index (χ0) is 35.5. The van der Waals surface area contributed by atoms with Crippen molar-refractivity contribution in [3.8, 4) is 0 Å². The van der Waals surface area contributed by atoms with Crippen molar-refractivity contribution >= 4 is 17.7 Å². The molecule has 1 saturated carbocycles. The SMILES string of the molecule is CC[C@@]1(O)[C@@H](C)[C@@H](C)C2(CC(=O)[N-]2)[C@H](O)[C@@H]1O.CC[C@]1(O)C=CC2(CC(=O)[N-]2)[C@H](C)[C@@H]1C.C[C@@H]1[C@H](C)[C@](O)(CO)C=CC12CC(=O)[N-]2.[W].[W].[W].[Y].[Y].[Y]. The Labute approximate surface area is 433 Å². The van der Waals surface area contributed by atoms with Gasteiger partial charge in [0.25, 0.3) is 0 Å². The quantitative estimate of drug-likeness (QED) is 0.181. The average molecular weight is 1480 g/mol. The van der Waals surface area contributed by atoms with Gasteiger partial charge >= 0.3 is 0 Å². The van der Waals surface area contributed by atoms with Crippen LogP contribution in [0.15, 0.2) is 24.3 Å². The summed E-state index contributed by atoms with van der Waals surface area (Å²) in [6, 6.07) is 0. The summed E-state index contributed by atoms with van der Waals surface area (Å²) < 4.78 is 0. The van der Waals surface area contributed by atoms with Gasteiger partial charge in [0.15, 0.2) is 0 Å². The first-order valence-electron chi connectivity index (χ1n) is 17.0. The minimum absolute atomic E-state index is 0. The van der Waals surface area contributed by atoms with Gasteiger partial charge in [0, 0.05) is 161 Å². The monoisotopic (exact) mass is 1480 g/mol. The summed E-state index contributed by atoms with van der Waals surface area (Å²) in [4.78, 5) is 33.0. The summed E-state index contributed by atoms with van der Waals surface area (Å²) in [5.41, 5.74) is -4.82. The smallest absolute Gasteiger partial charge is 0.108 e. The fourth-order valence-electron chi connectivity index (χ4n) is 8.57. The molecule has 3 spiro atoms. The first-order valence-corrected chi connectivity index (χ1v) is 17.0. The van der Waals surface area contributed by atoms with Crippen molar-refractivity contribution in [2.45, 2.75) is 133 Å². The van der Waals surface area contributed by atoms with Crippen LogP contribution >= 0.6 is 0 Å². The molecule has 6 rings (SSSR count). The normalized spacial score (nSPS) is 45.1. The van der Waals surface area contributed by atoms with E-state index in [4.69, 9.17) is 5.11 Å². The second kappa shape index (κ2) is 22.2. The first kappa shape index (κ1) is 60.3. The van der Waals surface area contributed by atoms with E-state index in [1.807, 2.05) is 53.7 Å². The number of aliphatic hydroxyl groups excluding tert-OH is 3. The van der Waals surface area contributed by atoms with E-state index in [1.165, 1.54) is 0 Å². The molecule has 4 fully saturated rings. The molecule has 3 unspecified atom stereocenters. The van der Waals surface area contributed by atoms with Crippen molar-refractivity contribution in [3.05, 3.63) is 40.3 Å². The minimum atomic E-state index is -1.31. The summed E-state index contributed by atoms with van der Waals surface area (Å²) in [5.74, 6) is -0.353. The Hall–Kier alpha value is 3.03. The molecule has 53 heavy (non-hydrogen) atoms. The molecule has 14 atom stereocenters. The molecule has 6 aliphatic rings. The molecule has 0 bridgehead atoms. The van der Waals surface area contributed by atoms with Gasteiger partial charge in [-0.3, -0.25) is 0 Å². The number of rotatable bonds is 3. The van der Waals surface area contributed by atoms with Crippen molar-refractivity contribution < 1.29 is 206 Å². The molecular formula is C35H54N3O9W3Y3-3. The first-order chi connectivity index (χ1) is 21.7. The predicted molar refractivity (Wildman–Crippen MR) is 175 cm³/mol. The van der Waals surface area contributed by atoms with Crippen molar-refractivity contribution in [3.63, 3.8) is 0 Å². The van der Waals surface area contributed by atoms with Crippen LogP contribution in [0.2, 0.25) is 0 Å². The van der Waals surface area contributed by atoms with E-state index in [1.54, 1.807) is 19.1 Å². The molecule has 3 heterocycles. The largest absolute Gasteiger partial charge is 0.645 e. The maximum atomic E-state index is 11.1. The Morgan fingerprint density at radius 1 is 0.566 bits per heavy atom. The summed E-state index contributed by atoms with van der Waals surface area (Å²) in [6.07, 6.45) is 6.88. The Bertz CT molecular complexity index is 1230. The van der Waals surface area contributed by atoms with Gasteiger partial charge in [0.05, 0.1) is 41.6 Å². The van der Waals surface area contributed by atoms with E-state index in [9.17, 15) is 39.9 Å². The second-order valence-corrected chi connectivity index (χ2v) is 15.1. The van der Waals surface area contributed by atoms with Gasteiger partial charge in [-0.2, -0.15) is 0 Å². The summed E-state index contributed by atoms with van der Waals surface area (Å²) in [5, 5.41) is 72.3. The predicted octanol–water partition coefficient (Wildman–Crippen LogP) is 2.77. The van der Waals surface area contributed by atoms with Gasteiger partial charge in [0.2, 0.25) is 0 Å². The number of β-lactam (4-membered cyclic amide) rings is 3. The third-order valence-electron chi connectivity index (χ3n) is 13.3. The third kappa shape index (κ3) is 10.7. The molecule has 3 amide bonds. The molecule has 0 aromatic rings. The maximum absolute atomic E-state index is 11.1. The van der Waals surface area contributed by atoms with Crippen LogP contribution in [0.1, 0.15) is 87.5 Å². The Morgan fingerprint density at radius 2 is 0.925 bits per heavy atom. The van der Waals surface area contributed by atoms with Crippen molar-refractivity contribution in [1.82, 2.24) is 0 Å². The van der Waals surface area contributed by atoms with Crippen LogP contribution in [0.25, 0.3) is 16.0 Å². The van der Waals surface area contributed by atoms with Crippen LogP contribution in [0.4, 0.5) is 0 Å². The second-order valence-electron chi connectivity index (χ2n) is 15.1. The molecule has 18 heteroatoms. The summed E-state index contributed by atoms with van der Waals surface area (Å²) in [7, 11) is 0. The Balaban J connectivity index is -0.000000671. The molecule has 3 aliphatic heterocycles. The Morgan fingerprint density at radius 3 is 1.25 bits per heavy atom. The van der Waals surface area contributed by atoms with E-state index in [-0.39, 0.29) is 233 Å². The zero-order valence-electron chi connectivity index (χ0n) is 31.9. The maximum Gasteiger partial charge on any atom is 0.108 e. The number of hydrogen-bond acceptors (Lipinski definition) is 9. The van der Waals surface area contributed by atoms with Crippen molar-refractivity contribution in [2.24, 2.45) is 35.5 Å². The van der Waals surface area contributed by atoms with Gasteiger partial charge in [-0.15, -0.1) is 0 Å². The van der Waals surface area contributed by atoms with Gasteiger partial charge in [-0.1, -0.05) is 96.3 Å². The number of carbonyl (C=O) groups is 3. The summed E-state index contributed by atoms with van der Waals surface area (Å²) >= 11 is 0. The zero-order valence-corrected chi connectivity index (χ0v) is 49.2. The van der Waals surface area contributed by atoms with E-state index in [0.717, 1.165) is 0 Å². The van der Waals surface area contributed by atoms with E-state index < -0.39 is 40.1 Å². The topological polar surface area (TPSA) is 215 Å². The van der Waals surface area contributed by atoms with Crippen LogP contribution < -0.4 is 0 Å². The van der Waals surface area contributed by atoms with E-state index in [0.29, 0.717) is 25.7 Å². The van der Waals surface area contributed by atoms with E-state index >= 15 is 0 Å². The van der Waals surface area contributed by atoms with Crippen LogP contribution in [0.3, 0.4) is 0 Å². The minimum Gasteiger partial charge on any atom is -0.645 e. The molecule has 12 nitrogen and oxygen atoms in total. The number of amides is 3. The van der Waals surface area contributed by atoms with Crippen LogP contribution in [0.5, 0.6) is 0 Å². The molecule has 3 aliphatic carbocycles. The number of nitrogens with zero attached hydrogens (tertiary/aromatic N) is 3. The van der Waals surface area contributed by atoms with E-state index in [2.05, 4.69) is 22.9 Å². The molecule has 3 radical (unpaired) electrons. The third-order valence-corrected chi connectivity index (χ3v) is 13.3. The number of aliphatic hydroxyl groups is 6. The molecule has 6 N–H and O–H groups in total. The van der Waals surface area contributed by atoms with Crippen LogP contribution in [-0.4, -0.2) is 101 Å². The standard InChI is InChI=1S/C12H21NO4.C12H19NO2.C11H17NO3.3W.3Y/c1-4-12(17)7(3)6(2)11(5-8(14)13-11)9(15)10(12)16;1-4-12(15)6-5-11(7-10(14)13-11)8(2)9(12)3;1-7-8(2)11(15,6-13)4-3-10(7)5-9(14)12-10;;;;;;/h6-7,9-10,15-17H,4-5H2,1-3H3,(H,13,14);5-6,8-9,15H,4,7H2,1-3H3,(H,13,14);3-4,7-8,13,15H,5-6H2,1-2H3,(H,12,14);;;;;;/p-3/t6-,7+,9-,10+,11?,12-;8-,9+,11?,12+;7-,8+,10?,11-;;;;;;/m111....../s1.